The van der Waals surface area contributed by atoms with Crippen molar-refractivity contribution < 1.29 is 26.4 Å². The molecule has 0 bridgehead atoms. The van der Waals surface area contributed by atoms with Crippen LogP contribution in [0.5, 0.6) is 0 Å². The van der Waals surface area contributed by atoms with E-state index in [-0.39, 0.29) is 46.1 Å². The molecule has 0 saturated heterocycles. The van der Waals surface area contributed by atoms with E-state index in [0.717, 1.165) is 24.3 Å². The van der Waals surface area contributed by atoms with E-state index in [4.69, 9.17) is 8.83 Å². The normalized spacial score (nSPS) is 11.2. The van der Waals surface area contributed by atoms with Crippen LogP contribution in [0.4, 0.5) is 17.6 Å². The minimum absolute atomic E-state index is 0.0957. The highest BCUT2D eigenvalue weighted by atomic mass is 19.1. The molecule has 12 heteroatoms. The first-order valence-corrected chi connectivity index (χ1v) is 13.0. The van der Waals surface area contributed by atoms with Gasteiger partial charge in [-0.05, 0) is 66.7 Å². The smallest absolute Gasteiger partial charge is 0.266 e. The zero-order chi connectivity index (χ0) is 30.2. The molecule has 0 saturated carbocycles. The molecule has 214 valence electrons. The van der Waals surface area contributed by atoms with Crippen molar-refractivity contribution in [3.8, 4) is 68.6 Å². The number of nitrogens with zero attached hydrogens (tertiary/aromatic N) is 6. The molecule has 8 nitrogen and oxygen atoms in total. The number of rotatable bonds is 6. The molecule has 4 aromatic heterocycles. The molecule has 0 atom stereocenters. The predicted molar refractivity (Wildman–Crippen MR) is 150 cm³/mol. The first-order valence-electron chi connectivity index (χ1n) is 13.0. The van der Waals surface area contributed by atoms with E-state index in [1.807, 2.05) is 0 Å². The number of halogens is 4. The summed E-state index contributed by atoms with van der Waals surface area (Å²) >= 11 is 0. The first-order chi connectivity index (χ1) is 21.4. The Morgan fingerprint density at radius 3 is 1.27 bits per heavy atom. The Hall–Kier alpha value is -6.04. The molecule has 44 heavy (non-hydrogen) atoms. The molecule has 7 rings (SSSR count). The Morgan fingerprint density at radius 1 is 0.409 bits per heavy atom. The molecule has 3 aromatic carbocycles. The molecule has 0 spiro atoms. The van der Waals surface area contributed by atoms with Gasteiger partial charge in [0.05, 0.1) is 11.4 Å². The van der Waals surface area contributed by atoms with Crippen LogP contribution >= 0.6 is 0 Å². The standard InChI is InChI=1S/C32H16F4N6O2/c33-19-10-12-21(23(35)15-19)25-6-2-8-27(37-25)31-41-39-29(43-31)17-4-1-5-18(14-17)30-40-42-32(44-30)28-9-3-7-26(38-28)22-13-11-20(34)16-24(22)36/h1-16H. The minimum Gasteiger partial charge on any atom is -0.415 e. The lowest BCUT2D eigenvalue weighted by Crippen LogP contribution is -1.91. The van der Waals surface area contributed by atoms with Gasteiger partial charge < -0.3 is 8.83 Å². The van der Waals surface area contributed by atoms with Gasteiger partial charge in [-0.3, -0.25) is 0 Å². The van der Waals surface area contributed by atoms with Gasteiger partial charge in [-0.2, -0.15) is 0 Å². The first kappa shape index (κ1) is 26.8. The average molecular weight is 593 g/mol. The van der Waals surface area contributed by atoms with Crippen LogP contribution in [0.3, 0.4) is 0 Å². The monoisotopic (exact) mass is 592 g/mol. The second-order valence-corrected chi connectivity index (χ2v) is 9.47. The SMILES string of the molecule is Fc1ccc(-c2cccc(-c3nnc(-c4cccc(-c5nnc(-c6cccc(-c7ccc(F)cc7F)n6)o5)c4)o3)n2)c(F)c1. The Balaban J connectivity index is 1.15. The van der Waals surface area contributed by atoms with E-state index in [9.17, 15) is 17.6 Å². The fraction of sp³-hybridized carbons (Fsp3) is 0. The van der Waals surface area contributed by atoms with Crippen LogP contribution < -0.4 is 0 Å². The summed E-state index contributed by atoms with van der Waals surface area (Å²) in [4.78, 5) is 8.81. The average Bonchev–Trinajstić information content (AvgIpc) is 3.73. The van der Waals surface area contributed by atoms with E-state index in [1.54, 1.807) is 60.7 Å². The largest absolute Gasteiger partial charge is 0.415 e. The molecular weight excluding hydrogens is 576 g/mol. The van der Waals surface area contributed by atoms with Crippen LogP contribution in [0.1, 0.15) is 0 Å². The summed E-state index contributed by atoms with van der Waals surface area (Å²) in [6.07, 6.45) is 0. The van der Waals surface area contributed by atoms with Gasteiger partial charge >= 0.3 is 0 Å². The van der Waals surface area contributed by atoms with Gasteiger partial charge in [0.2, 0.25) is 11.8 Å². The number of benzene rings is 3. The third-order valence-corrected chi connectivity index (χ3v) is 6.56. The number of aromatic nitrogens is 6. The van der Waals surface area contributed by atoms with Crippen molar-refractivity contribution in [2.75, 3.05) is 0 Å². The van der Waals surface area contributed by atoms with Gasteiger partial charge in [-0.15, -0.1) is 20.4 Å². The third-order valence-electron chi connectivity index (χ3n) is 6.56. The summed E-state index contributed by atoms with van der Waals surface area (Å²) in [6, 6.07) is 23.2. The summed E-state index contributed by atoms with van der Waals surface area (Å²) in [6.45, 7) is 0. The molecular formula is C32H16F4N6O2. The molecule has 0 radical (unpaired) electrons. The molecule has 0 fully saturated rings. The van der Waals surface area contributed by atoms with Crippen LogP contribution in [0.25, 0.3) is 68.6 Å². The predicted octanol–water partition coefficient (Wildman–Crippen LogP) is 7.80. The van der Waals surface area contributed by atoms with E-state index >= 15 is 0 Å². The molecule has 7 aromatic rings. The van der Waals surface area contributed by atoms with Gasteiger partial charge in [0.25, 0.3) is 11.8 Å². The lowest BCUT2D eigenvalue weighted by molar-refractivity contribution is 0.579. The van der Waals surface area contributed by atoms with Crippen LogP contribution in [-0.4, -0.2) is 30.4 Å². The fourth-order valence-corrected chi connectivity index (χ4v) is 4.47. The van der Waals surface area contributed by atoms with Gasteiger partial charge in [-0.1, -0.05) is 18.2 Å². The summed E-state index contributed by atoms with van der Waals surface area (Å²) in [5.74, 6) is -2.31. The molecule has 0 aliphatic rings. The molecule has 0 aliphatic carbocycles. The number of hydrogen-bond donors (Lipinski definition) is 0. The van der Waals surface area contributed by atoms with Gasteiger partial charge in [0.15, 0.2) is 0 Å². The molecule has 0 amide bonds. The second-order valence-electron chi connectivity index (χ2n) is 9.47. The Labute approximate surface area is 245 Å². The fourth-order valence-electron chi connectivity index (χ4n) is 4.47. The van der Waals surface area contributed by atoms with E-state index in [1.165, 1.54) is 12.1 Å². The highest BCUT2D eigenvalue weighted by molar-refractivity contribution is 5.67. The highest BCUT2D eigenvalue weighted by Crippen LogP contribution is 2.31. The molecule has 0 N–H and O–H groups in total. The van der Waals surface area contributed by atoms with Crippen molar-refractivity contribution in [3.63, 3.8) is 0 Å². The summed E-state index contributed by atoms with van der Waals surface area (Å²) < 4.78 is 67.1. The maximum absolute atomic E-state index is 14.3. The maximum atomic E-state index is 14.3. The number of hydrogen-bond acceptors (Lipinski definition) is 8. The third kappa shape index (κ3) is 5.20. The quantitative estimate of drug-likeness (QED) is 0.180. The van der Waals surface area contributed by atoms with Gasteiger partial charge in [0, 0.05) is 34.4 Å². The van der Waals surface area contributed by atoms with E-state index in [0.29, 0.717) is 22.5 Å². The Bertz CT molecular complexity index is 2010. The zero-order valence-electron chi connectivity index (χ0n) is 22.2. The van der Waals surface area contributed by atoms with Gasteiger partial charge in [-0.25, -0.2) is 27.5 Å². The summed E-state index contributed by atoms with van der Waals surface area (Å²) in [5, 5.41) is 16.4. The molecule has 0 unspecified atom stereocenters. The van der Waals surface area contributed by atoms with Crippen LogP contribution in [-0.2, 0) is 0 Å². The molecule has 4 heterocycles. The van der Waals surface area contributed by atoms with Crippen LogP contribution in [0.15, 0.2) is 106 Å². The Kier molecular flexibility index (Phi) is 6.70. The minimum atomic E-state index is -0.743. The highest BCUT2D eigenvalue weighted by Gasteiger charge is 2.18. The van der Waals surface area contributed by atoms with Crippen molar-refractivity contribution in [1.82, 2.24) is 30.4 Å². The van der Waals surface area contributed by atoms with Crippen molar-refractivity contribution in [2.24, 2.45) is 0 Å². The van der Waals surface area contributed by atoms with Crippen molar-refractivity contribution in [1.29, 1.82) is 0 Å². The zero-order valence-corrected chi connectivity index (χ0v) is 22.2. The summed E-state index contributed by atoms with van der Waals surface area (Å²) in [7, 11) is 0. The van der Waals surface area contributed by atoms with Crippen molar-refractivity contribution >= 4 is 0 Å². The van der Waals surface area contributed by atoms with Crippen LogP contribution in [0.2, 0.25) is 0 Å². The van der Waals surface area contributed by atoms with Crippen molar-refractivity contribution in [3.05, 3.63) is 120 Å². The maximum Gasteiger partial charge on any atom is 0.266 e. The Morgan fingerprint density at radius 2 is 0.818 bits per heavy atom. The van der Waals surface area contributed by atoms with E-state index < -0.39 is 23.3 Å². The van der Waals surface area contributed by atoms with Crippen LogP contribution in [0, 0.1) is 23.3 Å². The second kappa shape index (κ2) is 11.0. The van der Waals surface area contributed by atoms with Gasteiger partial charge in [0.1, 0.15) is 34.7 Å². The summed E-state index contributed by atoms with van der Waals surface area (Å²) in [5.41, 5.74) is 2.51. The van der Waals surface area contributed by atoms with Crippen molar-refractivity contribution in [2.45, 2.75) is 0 Å². The van der Waals surface area contributed by atoms with E-state index in [2.05, 4.69) is 30.4 Å². The molecule has 0 aliphatic heterocycles. The lowest BCUT2D eigenvalue weighted by Gasteiger charge is -2.04. The lowest BCUT2D eigenvalue weighted by atomic mass is 10.1. The number of pyridine rings is 2. The topological polar surface area (TPSA) is 104 Å².